The lowest BCUT2D eigenvalue weighted by molar-refractivity contribution is -0.153. The van der Waals surface area contributed by atoms with Crippen LogP contribution in [0.3, 0.4) is 0 Å². The summed E-state index contributed by atoms with van der Waals surface area (Å²) < 4.78 is 103. The van der Waals surface area contributed by atoms with Crippen molar-refractivity contribution in [3.05, 3.63) is 84.9 Å². The van der Waals surface area contributed by atoms with E-state index in [0.29, 0.717) is 16.2 Å². The molecule has 0 unspecified atom stereocenters. The largest absolute Gasteiger partial charge is 0.534 e. The highest BCUT2D eigenvalue weighted by molar-refractivity contribution is 7.88. The van der Waals surface area contributed by atoms with Crippen LogP contribution in [-0.4, -0.2) is 26.7 Å². The highest BCUT2D eigenvalue weighted by Crippen LogP contribution is 2.31. The quantitative estimate of drug-likeness (QED) is 0.174. The van der Waals surface area contributed by atoms with E-state index >= 15 is 0 Å². The average Bonchev–Trinajstić information content (AvgIpc) is 2.77. The first-order valence-corrected chi connectivity index (χ1v) is 10.9. The van der Waals surface area contributed by atoms with Crippen molar-refractivity contribution in [2.45, 2.75) is 11.7 Å². The first-order chi connectivity index (χ1) is 15.9. The topological polar surface area (TPSA) is 52.6 Å². The zero-order valence-corrected chi connectivity index (χ0v) is 17.9. The maximum atomic E-state index is 12.2. The van der Waals surface area contributed by atoms with E-state index in [1.807, 2.05) is 18.2 Å². The molecule has 0 fully saturated rings. The van der Waals surface area contributed by atoms with Gasteiger partial charge >= 0.3 is 21.8 Å². The van der Waals surface area contributed by atoms with Crippen LogP contribution in [0.1, 0.15) is 0 Å². The van der Waals surface area contributed by atoms with Gasteiger partial charge < -0.3 is 8.92 Å². The van der Waals surface area contributed by atoms with Crippen molar-refractivity contribution >= 4 is 31.7 Å². The molecule has 0 spiro atoms. The Balaban J connectivity index is 0.000000192. The van der Waals surface area contributed by atoms with E-state index in [2.05, 4.69) is 4.18 Å². The Morgan fingerprint density at radius 2 is 1.06 bits per heavy atom. The van der Waals surface area contributed by atoms with Crippen molar-refractivity contribution in [1.82, 2.24) is 0 Å². The third-order valence-electron chi connectivity index (χ3n) is 4.37. The number of rotatable bonds is 4. The van der Waals surface area contributed by atoms with Crippen molar-refractivity contribution in [3.8, 4) is 11.5 Å². The Labute approximate surface area is 190 Å². The number of hydrogen-bond acceptors (Lipinski definition) is 4. The number of alkyl halides is 6. The van der Waals surface area contributed by atoms with E-state index in [0.717, 1.165) is 5.39 Å². The zero-order valence-electron chi connectivity index (χ0n) is 17.1. The van der Waals surface area contributed by atoms with Crippen molar-refractivity contribution < 1.29 is 43.7 Å². The van der Waals surface area contributed by atoms with Gasteiger partial charge in [0, 0.05) is 10.8 Å². The highest BCUT2D eigenvalue weighted by Gasteiger charge is 2.48. The normalized spacial score (nSPS) is 12.2. The van der Waals surface area contributed by atoms with E-state index in [1.165, 1.54) is 24.3 Å². The second-order valence-corrected chi connectivity index (χ2v) is 8.38. The molecule has 4 nitrogen and oxygen atoms in total. The molecule has 4 rings (SSSR count). The van der Waals surface area contributed by atoms with Crippen molar-refractivity contribution in [3.63, 3.8) is 0 Å². The number of hydrogen-bond donors (Lipinski definition) is 0. The van der Waals surface area contributed by atoms with Gasteiger partial charge in [-0.25, -0.2) is 0 Å². The van der Waals surface area contributed by atoms with Crippen LogP contribution in [0.5, 0.6) is 11.5 Å². The van der Waals surface area contributed by atoms with Crippen molar-refractivity contribution in [2.24, 2.45) is 0 Å². The summed E-state index contributed by atoms with van der Waals surface area (Å²) >= 11 is 0. The van der Waals surface area contributed by atoms with E-state index < -0.39 is 28.4 Å². The molecule has 0 amide bonds. The van der Waals surface area contributed by atoms with Gasteiger partial charge in [-0.2, -0.15) is 34.8 Å². The summed E-state index contributed by atoms with van der Waals surface area (Å²) in [5.74, 6) is -0.0825. The minimum atomic E-state index is -5.64. The Kier molecular flexibility index (Phi) is 7.25. The molecule has 0 radical (unpaired) electrons. The Hall–Kier alpha value is -3.47. The van der Waals surface area contributed by atoms with Gasteiger partial charge in [-0.05, 0) is 22.9 Å². The lowest BCUT2D eigenvalue weighted by atomic mass is 10.1. The molecule has 0 bridgehead atoms. The molecule has 34 heavy (non-hydrogen) atoms. The number of fused-ring (bicyclic) bond motifs is 2. The molecule has 4 aromatic rings. The van der Waals surface area contributed by atoms with Crippen LogP contribution in [0.15, 0.2) is 84.9 Å². The van der Waals surface area contributed by atoms with Crippen molar-refractivity contribution in [1.29, 1.82) is 0 Å². The molecular weight excluding hydrogens is 486 g/mol. The average molecular weight is 502 g/mol. The molecule has 0 aromatic heterocycles. The summed E-state index contributed by atoms with van der Waals surface area (Å²) in [4.78, 5) is 0. The summed E-state index contributed by atoms with van der Waals surface area (Å²) in [6, 6.07) is 22.8. The third-order valence-corrected chi connectivity index (χ3v) is 5.34. The molecular formula is C23H16F6O4S. The summed E-state index contributed by atoms with van der Waals surface area (Å²) in [7, 11) is -5.64. The van der Waals surface area contributed by atoms with Gasteiger partial charge in [-0.3, -0.25) is 0 Å². The Morgan fingerprint density at radius 1 is 0.618 bits per heavy atom. The SMILES string of the molecule is FC(F)(F)COc1cccc2ccccc12.O=S(=O)(Oc1cccc2ccccc12)C(F)(F)F. The second kappa shape index (κ2) is 9.80. The molecule has 0 aliphatic heterocycles. The minimum Gasteiger partial charge on any atom is -0.483 e. The standard InChI is InChI=1S/C12H9F3O.C11H7F3O3S/c13-12(14,15)8-16-11-7-3-5-9-4-1-2-6-10(9)11;12-11(13,14)18(15,16)17-10-7-3-5-8-4-1-2-6-9(8)10/h1-7H,8H2;1-7H. The smallest absolute Gasteiger partial charge is 0.483 e. The minimum absolute atomic E-state index is 0.260. The van der Waals surface area contributed by atoms with Gasteiger partial charge in [0.25, 0.3) is 0 Å². The maximum absolute atomic E-state index is 12.2. The van der Waals surface area contributed by atoms with Gasteiger partial charge in [0.1, 0.15) is 5.75 Å². The fourth-order valence-electron chi connectivity index (χ4n) is 2.91. The number of benzene rings is 4. The third kappa shape index (κ3) is 6.31. The van der Waals surface area contributed by atoms with Crippen LogP contribution in [0.4, 0.5) is 26.3 Å². The molecule has 0 atom stereocenters. The van der Waals surface area contributed by atoms with Crippen LogP contribution in [0.25, 0.3) is 21.5 Å². The summed E-state index contributed by atoms with van der Waals surface area (Å²) in [5.41, 5.74) is -5.44. The van der Waals surface area contributed by atoms with Crippen molar-refractivity contribution in [2.75, 3.05) is 6.61 Å². The molecule has 11 heteroatoms. The summed E-state index contributed by atoms with van der Waals surface area (Å²) in [5, 5.41) is 2.44. The van der Waals surface area contributed by atoms with E-state index in [-0.39, 0.29) is 11.5 Å². The van der Waals surface area contributed by atoms with Gasteiger partial charge in [-0.1, -0.05) is 72.8 Å². The molecule has 0 heterocycles. The van der Waals surface area contributed by atoms with Crippen LogP contribution in [0.2, 0.25) is 0 Å². The number of halogens is 6. The first-order valence-electron chi connectivity index (χ1n) is 9.53. The fourth-order valence-corrected chi connectivity index (χ4v) is 3.39. The monoisotopic (exact) mass is 502 g/mol. The van der Waals surface area contributed by atoms with Gasteiger partial charge in [-0.15, -0.1) is 0 Å². The van der Waals surface area contributed by atoms with Crippen LogP contribution >= 0.6 is 0 Å². The van der Waals surface area contributed by atoms with Crippen LogP contribution in [0, 0.1) is 0 Å². The van der Waals surface area contributed by atoms with Crippen LogP contribution in [-0.2, 0) is 10.1 Å². The predicted molar refractivity (Wildman–Crippen MR) is 115 cm³/mol. The van der Waals surface area contributed by atoms with Gasteiger partial charge in [0.05, 0.1) is 0 Å². The zero-order chi connectivity index (χ0) is 25.0. The van der Waals surface area contributed by atoms with E-state index in [1.54, 1.807) is 42.5 Å². The lowest BCUT2D eigenvalue weighted by Crippen LogP contribution is -2.28. The highest BCUT2D eigenvalue weighted by atomic mass is 32.2. The molecule has 0 saturated heterocycles. The van der Waals surface area contributed by atoms with E-state index in [9.17, 15) is 34.8 Å². The van der Waals surface area contributed by atoms with Crippen LogP contribution < -0.4 is 8.92 Å². The lowest BCUT2D eigenvalue weighted by Gasteiger charge is -2.11. The molecule has 0 N–H and O–H groups in total. The second-order valence-electron chi connectivity index (χ2n) is 6.84. The Morgan fingerprint density at radius 3 is 1.56 bits per heavy atom. The Bertz CT molecular complexity index is 1370. The number of ether oxygens (including phenoxy) is 1. The maximum Gasteiger partial charge on any atom is 0.534 e. The van der Waals surface area contributed by atoms with Gasteiger partial charge in [0.15, 0.2) is 12.4 Å². The summed E-state index contributed by atoms with van der Waals surface area (Å²) in [6.45, 7) is -1.26. The molecule has 0 aliphatic carbocycles. The molecule has 0 saturated carbocycles. The molecule has 180 valence electrons. The predicted octanol–water partition coefficient (Wildman–Crippen LogP) is 6.85. The van der Waals surface area contributed by atoms with E-state index in [4.69, 9.17) is 4.74 Å². The summed E-state index contributed by atoms with van der Waals surface area (Å²) in [6.07, 6.45) is -4.31. The van der Waals surface area contributed by atoms with Gasteiger partial charge in [0.2, 0.25) is 0 Å². The first kappa shape index (κ1) is 25.2. The fraction of sp³-hybridized carbons (Fsp3) is 0.130. The molecule has 0 aliphatic rings. The molecule has 4 aromatic carbocycles.